The molecule has 0 aromatic heterocycles. The Kier molecular flexibility index (Phi) is 2.06. The van der Waals surface area contributed by atoms with Gasteiger partial charge < -0.3 is 16.3 Å². The molecule has 0 aromatic carbocycles. The minimum absolute atomic E-state index is 0.118. The van der Waals surface area contributed by atoms with Crippen molar-refractivity contribution in [1.29, 1.82) is 0 Å². The highest BCUT2D eigenvalue weighted by atomic mass is 16.1. The lowest BCUT2D eigenvalue weighted by Crippen LogP contribution is -2.28. The maximum absolute atomic E-state index is 10.1. The van der Waals surface area contributed by atoms with Crippen molar-refractivity contribution in [2.45, 2.75) is 12.5 Å². The van der Waals surface area contributed by atoms with Crippen LogP contribution in [0.2, 0.25) is 1.41 Å². The van der Waals surface area contributed by atoms with Gasteiger partial charge in [-0.05, 0) is 0 Å². The minimum Gasteiger partial charge on any atom is -0.370 e. The Morgan fingerprint density at radius 3 is 2.75 bits per heavy atom. The molecule has 0 bridgehead atoms. The number of aldehydes is 1. The quantitative estimate of drug-likeness (QED) is 0.434. The number of carbonyl (C=O) groups is 2. The first-order valence-electron chi connectivity index (χ1n) is 2.61. The first kappa shape index (κ1) is 5.24. The predicted molar refractivity (Wildman–Crippen MR) is 27.9 cm³/mol. The van der Waals surface area contributed by atoms with Crippen molar-refractivity contribution in [3.63, 3.8) is 0 Å². The molecule has 0 rings (SSSR count). The Bertz CT molecular complexity index is 117. The highest BCUT2D eigenvalue weighted by molar-refractivity contribution is 5.78. The second-order valence-electron chi connectivity index (χ2n) is 1.41. The molecular weight excluding hydrogens is 108 g/mol. The van der Waals surface area contributed by atoms with E-state index in [0.717, 1.165) is 0 Å². The third-order valence-corrected chi connectivity index (χ3v) is 0.585. The lowest BCUT2D eigenvalue weighted by atomic mass is 10.2. The molecule has 0 spiro atoms. The van der Waals surface area contributed by atoms with Gasteiger partial charge in [0.2, 0.25) is 5.91 Å². The lowest BCUT2D eigenvalue weighted by Gasteiger charge is -1.95. The summed E-state index contributed by atoms with van der Waals surface area (Å²) < 4.78 is 6.46. The molecule has 0 saturated heterocycles. The average Bonchev–Trinajstić information content (AvgIpc) is 1.82. The zero-order chi connectivity index (χ0) is 7.28. The summed E-state index contributed by atoms with van der Waals surface area (Å²) >= 11 is 0. The van der Waals surface area contributed by atoms with Gasteiger partial charge in [0.05, 0.1) is 6.04 Å². The Labute approximate surface area is 48.3 Å². The number of nitrogens with two attached hydrogens (primary N) is 2. The molecule has 46 valence electrons. The zero-order valence-electron chi connectivity index (χ0n) is 5.26. The molecule has 1 atom stereocenters. The van der Waals surface area contributed by atoms with E-state index >= 15 is 0 Å². The van der Waals surface area contributed by atoms with Crippen LogP contribution in [-0.4, -0.2) is 18.2 Å². The maximum atomic E-state index is 10.1. The van der Waals surface area contributed by atoms with Gasteiger partial charge in [-0.25, -0.2) is 0 Å². The molecule has 0 unspecified atom stereocenters. The summed E-state index contributed by atoms with van der Waals surface area (Å²) in [6.45, 7) is 0. The molecule has 8 heavy (non-hydrogen) atoms. The second-order valence-corrected chi connectivity index (χ2v) is 1.41. The van der Waals surface area contributed by atoms with E-state index in [9.17, 15) is 9.59 Å². The van der Waals surface area contributed by atoms with Crippen LogP contribution in [0.5, 0.6) is 0 Å². The van der Waals surface area contributed by atoms with Gasteiger partial charge >= 0.3 is 0 Å². The van der Waals surface area contributed by atoms with Crippen molar-refractivity contribution < 1.29 is 11.0 Å². The predicted octanol–water partition coefficient (Wildman–Crippen LogP) is -1.61. The van der Waals surface area contributed by atoms with Gasteiger partial charge in [-0.3, -0.25) is 4.79 Å². The summed E-state index contributed by atoms with van der Waals surface area (Å²) in [6, 6.07) is -0.762. The molecule has 0 aliphatic rings. The number of hydrogen-bond acceptors (Lipinski definition) is 3. The molecular formula is C4H8N2O2. The summed E-state index contributed by atoms with van der Waals surface area (Å²) in [5, 5.41) is 0. The fourth-order valence-electron chi connectivity index (χ4n) is 0.265. The highest BCUT2D eigenvalue weighted by Gasteiger charge is 2.02. The Morgan fingerprint density at radius 1 is 2.00 bits per heavy atom. The SMILES string of the molecule is [2H]N[C@@H](C=O)CC(N)=O. The van der Waals surface area contributed by atoms with Crippen molar-refractivity contribution >= 4 is 12.2 Å². The number of hydrogen-bond donors (Lipinski definition) is 2. The molecule has 4 nitrogen and oxygen atoms in total. The van der Waals surface area contributed by atoms with E-state index < -0.39 is 11.9 Å². The van der Waals surface area contributed by atoms with Gasteiger partial charge in [0, 0.05) is 6.42 Å². The Balaban J connectivity index is 3.55. The number of amides is 1. The molecule has 0 aliphatic heterocycles. The molecule has 0 heterocycles. The van der Waals surface area contributed by atoms with Crippen LogP contribution in [-0.2, 0) is 9.59 Å². The molecule has 1 amide bonds. The van der Waals surface area contributed by atoms with Crippen LogP contribution in [0.1, 0.15) is 6.42 Å². The van der Waals surface area contributed by atoms with E-state index in [1.807, 2.05) is 5.73 Å². The first-order chi connectivity index (χ1) is 4.20. The summed E-state index contributed by atoms with van der Waals surface area (Å²) in [5.74, 6) is -0.591. The van der Waals surface area contributed by atoms with Crippen molar-refractivity contribution in [2.24, 2.45) is 11.5 Å². The van der Waals surface area contributed by atoms with Gasteiger partial charge in [0.15, 0.2) is 0 Å². The fraction of sp³-hybridized carbons (Fsp3) is 0.500. The first-order valence-corrected chi connectivity index (χ1v) is 2.11. The number of carbonyl (C=O) groups excluding carboxylic acids is 2. The van der Waals surface area contributed by atoms with Crippen molar-refractivity contribution in [3.05, 3.63) is 0 Å². The number of rotatable bonds is 4. The summed E-state index contributed by atoms with van der Waals surface area (Å²) in [4.78, 5) is 19.9. The molecule has 0 radical (unpaired) electrons. The lowest BCUT2D eigenvalue weighted by molar-refractivity contribution is -0.120. The van der Waals surface area contributed by atoms with E-state index in [4.69, 9.17) is 7.15 Å². The molecule has 0 aromatic rings. The number of primary amides is 1. The smallest absolute Gasteiger partial charge is 0.219 e. The van der Waals surface area contributed by atoms with Crippen LogP contribution < -0.4 is 11.5 Å². The van der Waals surface area contributed by atoms with Crippen molar-refractivity contribution in [1.82, 2.24) is 0 Å². The van der Waals surface area contributed by atoms with Crippen LogP contribution in [0.4, 0.5) is 0 Å². The van der Waals surface area contributed by atoms with Crippen LogP contribution in [0.25, 0.3) is 0 Å². The normalized spacial score (nSPS) is 14.2. The van der Waals surface area contributed by atoms with Crippen molar-refractivity contribution in [2.75, 3.05) is 0 Å². The minimum atomic E-state index is -0.762. The largest absolute Gasteiger partial charge is 0.370 e. The summed E-state index contributed by atoms with van der Waals surface area (Å²) in [6.07, 6.45) is 0.352. The molecule has 4 heteroatoms. The molecule has 0 fully saturated rings. The van der Waals surface area contributed by atoms with Crippen LogP contribution >= 0.6 is 0 Å². The van der Waals surface area contributed by atoms with Gasteiger partial charge in [0.25, 0.3) is 0 Å². The van der Waals surface area contributed by atoms with Crippen molar-refractivity contribution in [3.8, 4) is 0 Å². The molecule has 4 N–H and O–H groups in total. The fourth-order valence-corrected chi connectivity index (χ4v) is 0.265. The standard InChI is InChI=1S/C4H8N2O2/c5-3(2-7)1-4(6)8/h2-3H,1,5H2,(H2,6,8)/t3-/m1/s1/i/hD. The molecule has 0 saturated carbocycles. The average molecular weight is 117 g/mol. The molecule has 0 aliphatic carbocycles. The second kappa shape index (κ2) is 3.15. The van der Waals surface area contributed by atoms with E-state index in [1.165, 1.54) is 0 Å². The Hall–Kier alpha value is -0.900. The zero-order valence-corrected chi connectivity index (χ0v) is 4.26. The van der Waals surface area contributed by atoms with Gasteiger partial charge in [0.1, 0.15) is 7.70 Å². The van der Waals surface area contributed by atoms with Crippen LogP contribution in [0, 0.1) is 0 Å². The third-order valence-electron chi connectivity index (χ3n) is 0.585. The van der Waals surface area contributed by atoms with E-state index in [-0.39, 0.29) is 6.42 Å². The summed E-state index contributed by atoms with van der Waals surface area (Å²) in [7, 11) is 0. The highest BCUT2D eigenvalue weighted by Crippen LogP contribution is 1.78. The summed E-state index contributed by atoms with van der Waals surface area (Å²) in [5.41, 5.74) is 6.59. The third kappa shape index (κ3) is 3.30. The van der Waals surface area contributed by atoms with Gasteiger partial charge in [-0.2, -0.15) is 0 Å². The van der Waals surface area contributed by atoms with E-state index in [0.29, 0.717) is 6.29 Å². The Morgan fingerprint density at radius 2 is 2.62 bits per heavy atom. The van der Waals surface area contributed by atoms with Gasteiger partial charge in [-0.15, -0.1) is 0 Å². The maximum Gasteiger partial charge on any atom is 0.219 e. The van der Waals surface area contributed by atoms with Gasteiger partial charge in [-0.1, -0.05) is 0 Å². The van der Waals surface area contributed by atoms with Crippen LogP contribution in [0.3, 0.4) is 0 Å². The van der Waals surface area contributed by atoms with E-state index in [1.54, 1.807) is 0 Å². The topological polar surface area (TPSA) is 86.2 Å². The van der Waals surface area contributed by atoms with Crippen LogP contribution in [0.15, 0.2) is 0 Å². The van der Waals surface area contributed by atoms with E-state index in [2.05, 4.69) is 0 Å². The monoisotopic (exact) mass is 117 g/mol.